The van der Waals surface area contributed by atoms with Gasteiger partial charge in [0.15, 0.2) is 0 Å². The third-order valence-electron chi connectivity index (χ3n) is 3.61. The zero-order valence-electron chi connectivity index (χ0n) is 14.0. The SMILES string of the molecule is C=C/C=C(/C#Cc1ccc2c(=O)n(C)c(C(C)OC)nc2c1)N=C. The number of rotatable bonds is 4. The van der Waals surface area contributed by atoms with Crippen molar-refractivity contribution in [1.29, 1.82) is 0 Å². The maximum atomic E-state index is 12.5. The molecule has 5 heteroatoms. The lowest BCUT2D eigenvalue weighted by molar-refractivity contribution is 0.108. The quantitative estimate of drug-likeness (QED) is 0.494. The minimum absolute atomic E-state index is 0.113. The predicted molar refractivity (Wildman–Crippen MR) is 97.1 cm³/mol. The van der Waals surface area contributed by atoms with E-state index in [1.54, 1.807) is 44.5 Å². The lowest BCUT2D eigenvalue weighted by Gasteiger charge is -2.14. The predicted octanol–water partition coefficient (Wildman–Crippen LogP) is 2.76. The van der Waals surface area contributed by atoms with Gasteiger partial charge in [-0.2, -0.15) is 0 Å². The van der Waals surface area contributed by atoms with Crippen molar-refractivity contribution in [2.75, 3.05) is 7.11 Å². The van der Waals surface area contributed by atoms with Crippen molar-refractivity contribution < 1.29 is 4.74 Å². The van der Waals surface area contributed by atoms with E-state index in [2.05, 4.69) is 35.1 Å². The van der Waals surface area contributed by atoms with Crippen LogP contribution in [0.15, 0.2) is 52.4 Å². The fourth-order valence-electron chi connectivity index (χ4n) is 2.22. The standard InChI is InChI=1S/C19H19N3O2/c1-6-7-15(20-3)10-8-14-9-11-16-17(12-14)21-18(13(2)24-5)22(4)19(16)23/h6-7,9,11-13H,1,3H2,2,4-5H3/b15-7-. The second kappa shape index (κ2) is 7.53. The van der Waals surface area contributed by atoms with Gasteiger partial charge in [0.05, 0.1) is 10.9 Å². The first-order chi connectivity index (χ1) is 11.5. The van der Waals surface area contributed by atoms with Gasteiger partial charge in [0.25, 0.3) is 5.56 Å². The van der Waals surface area contributed by atoms with Gasteiger partial charge in [-0.15, -0.1) is 0 Å². The summed E-state index contributed by atoms with van der Waals surface area (Å²) in [5, 5.41) is 0.541. The van der Waals surface area contributed by atoms with Crippen LogP contribution in [0.5, 0.6) is 0 Å². The van der Waals surface area contributed by atoms with Crippen LogP contribution in [0.2, 0.25) is 0 Å². The minimum atomic E-state index is -0.283. The van der Waals surface area contributed by atoms with Gasteiger partial charge in [-0.3, -0.25) is 14.4 Å². The molecule has 1 unspecified atom stereocenters. The summed E-state index contributed by atoms with van der Waals surface area (Å²) >= 11 is 0. The Morgan fingerprint density at radius 2 is 2.25 bits per heavy atom. The molecule has 122 valence electrons. The lowest BCUT2D eigenvalue weighted by atomic mass is 10.1. The molecule has 0 saturated carbocycles. The average molecular weight is 321 g/mol. The minimum Gasteiger partial charge on any atom is -0.374 e. The molecule has 0 saturated heterocycles. The summed E-state index contributed by atoms with van der Waals surface area (Å²) in [6, 6.07) is 5.30. The van der Waals surface area contributed by atoms with Crippen molar-refractivity contribution in [3.05, 3.63) is 64.4 Å². The normalized spacial score (nSPS) is 12.4. The average Bonchev–Trinajstić information content (AvgIpc) is 2.60. The van der Waals surface area contributed by atoms with Crippen LogP contribution in [0, 0.1) is 11.8 Å². The Bertz CT molecular complexity index is 943. The van der Waals surface area contributed by atoms with Crippen LogP contribution < -0.4 is 5.56 Å². The van der Waals surface area contributed by atoms with E-state index >= 15 is 0 Å². The lowest BCUT2D eigenvalue weighted by Crippen LogP contribution is -2.24. The van der Waals surface area contributed by atoms with Crippen LogP contribution in [0.3, 0.4) is 0 Å². The summed E-state index contributed by atoms with van der Waals surface area (Å²) in [5.41, 5.74) is 1.73. The zero-order chi connectivity index (χ0) is 17.7. The third kappa shape index (κ3) is 3.50. The number of aliphatic imine (C=N–C) groups is 1. The molecular formula is C19H19N3O2. The van der Waals surface area contributed by atoms with Gasteiger partial charge >= 0.3 is 0 Å². The maximum absolute atomic E-state index is 12.5. The number of fused-ring (bicyclic) bond motifs is 1. The monoisotopic (exact) mass is 321 g/mol. The summed E-state index contributed by atoms with van der Waals surface area (Å²) < 4.78 is 6.79. The highest BCUT2D eigenvalue weighted by atomic mass is 16.5. The number of hydrogen-bond donors (Lipinski definition) is 0. The van der Waals surface area contributed by atoms with E-state index in [0.29, 0.717) is 22.4 Å². The molecule has 0 amide bonds. The number of allylic oxidation sites excluding steroid dienone is 3. The van der Waals surface area contributed by atoms with Gasteiger partial charge in [-0.05, 0) is 43.8 Å². The van der Waals surface area contributed by atoms with Crippen molar-refractivity contribution in [1.82, 2.24) is 9.55 Å². The summed E-state index contributed by atoms with van der Waals surface area (Å²) in [5.74, 6) is 6.46. The van der Waals surface area contributed by atoms with E-state index < -0.39 is 0 Å². The van der Waals surface area contributed by atoms with Crippen LogP contribution >= 0.6 is 0 Å². The first-order valence-corrected chi connectivity index (χ1v) is 7.36. The van der Waals surface area contributed by atoms with Crippen LogP contribution in [0.1, 0.15) is 24.4 Å². The highest BCUT2D eigenvalue weighted by Crippen LogP contribution is 2.16. The van der Waals surface area contributed by atoms with Crippen LogP contribution in [0.4, 0.5) is 0 Å². The summed E-state index contributed by atoms with van der Waals surface area (Å²) in [4.78, 5) is 20.8. The van der Waals surface area contributed by atoms with Crippen molar-refractivity contribution >= 4 is 17.6 Å². The molecule has 0 aliphatic carbocycles. The van der Waals surface area contributed by atoms with E-state index in [1.165, 1.54) is 4.57 Å². The first kappa shape index (κ1) is 17.4. The maximum Gasteiger partial charge on any atom is 0.261 e. The van der Waals surface area contributed by atoms with Crippen molar-refractivity contribution in [2.45, 2.75) is 13.0 Å². The Labute approximate surface area is 141 Å². The Kier molecular flexibility index (Phi) is 5.46. The van der Waals surface area contributed by atoms with E-state index in [-0.39, 0.29) is 11.7 Å². The molecule has 0 fully saturated rings. The highest BCUT2D eigenvalue weighted by Gasteiger charge is 2.13. The highest BCUT2D eigenvalue weighted by molar-refractivity contribution is 5.79. The molecule has 1 heterocycles. The van der Waals surface area contributed by atoms with Gasteiger partial charge in [0.2, 0.25) is 0 Å². The van der Waals surface area contributed by atoms with Crippen LogP contribution in [0.25, 0.3) is 10.9 Å². The van der Waals surface area contributed by atoms with Crippen LogP contribution in [-0.4, -0.2) is 23.4 Å². The smallest absolute Gasteiger partial charge is 0.261 e. The van der Waals surface area contributed by atoms with E-state index in [1.807, 2.05) is 6.92 Å². The Morgan fingerprint density at radius 1 is 1.50 bits per heavy atom. The van der Waals surface area contributed by atoms with Crippen LogP contribution in [-0.2, 0) is 11.8 Å². The zero-order valence-corrected chi connectivity index (χ0v) is 14.0. The second-order valence-electron chi connectivity index (χ2n) is 5.14. The third-order valence-corrected chi connectivity index (χ3v) is 3.61. The summed E-state index contributed by atoms with van der Waals surface area (Å²) in [7, 11) is 3.27. The van der Waals surface area contributed by atoms with Crippen molar-refractivity contribution in [3.8, 4) is 11.8 Å². The molecule has 5 nitrogen and oxygen atoms in total. The molecule has 2 rings (SSSR count). The van der Waals surface area contributed by atoms with E-state index in [9.17, 15) is 4.79 Å². The van der Waals surface area contributed by atoms with Crippen molar-refractivity contribution in [3.63, 3.8) is 0 Å². The molecule has 1 aromatic heterocycles. The number of hydrogen-bond acceptors (Lipinski definition) is 4. The summed E-state index contributed by atoms with van der Waals surface area (Å²) in [6.07, 6.45) is 2.99. The molecule has 0 aliphatic rings. The molecule has 0 radical (unpaired) electrons. The molecule has 24 heavy (non-hydrogen) atoms. The molecule has 1 aromatic carbocycles. The Hall–Kier alpha value is -2.97. The topological polar surface area (TPSA) is 56.5 Å². The molecule has 2 aromatic rings. The summed E-state index contributed by atoms with van der Waals surface area (Å²) in [6.45, 7) is 8.92. The molecule has 0 N–H and O–H groups in total. The first-order valence-electron chi connectivity index (χ1n) is 7.36. The van der Waals surface area contributed by atoms with Gasteiger partial charge in [0, 0.05) is 19.7 Å². The fourth-order valence-corrected chi connectivity index (χ4v) is 2.22. The Morgan fingerprint density at radius 3 is 2.88 bits per heavy atom. The number of aromatic nitrogens is 2. The molecular weight excluding hydrogens is 302 g/mol. The van der Waals surface area contributed by atoms with Gasteiger partial charge in [-0.25, -0.2) is 4.98 Å². The van der Waals surface area contributed by atoms with Gasteiger partial charge in [-0.1, -0.05) is 18.6 Å². The van der Waals surface area contributed by atoms with Gasteiger partial charge in [0.1, 0.15) is 17.6 Å². The number of benzene rings is 1. The van der Waals surface area contributed by atoms with Gasteiger partial charge < -0.3 is 4.74 Å². The fraction of sp³-hybridized carbons (Fsp3) is 0.211. The van der Waals surface area contributed by atoms with Crippen molar-refractivity contribution in [2.24, 2.45) is 12.0 Å². The second-order valence-corrected chi connectivity index (χ2v) is 5.14. The number of ether oxygens (including phenoxy) is 1. The number of nitrogens with zero attached hydrogens (tertiary/aromatic N) is 3. The molecule has 1 atom stereocenters. The number of methoxy groups -OCH3 is 1. The molecule has 0 bridgehead atoms. The van der Waals surface area contributed by atoms with E-state index in [4.69, 9.17) is 4.74 Å². The molecule has 0 aliphatic heterocycles. The largest absolute Gasteiger partial charge is 0.374 e. The Balaban J connectivity index is 2.59. The molecule has 0 spiro atoms. The van der Waals surface area contributed by atoms with E-state index in [0.717, 1.165) is 5.56 Å².